The van der Waals surface area contributed by atoms with Crippen LogP contribution in [-0.2, 0) is 0 Å². The number of amides is 1. The van der Waals surface area contributed by atoms with Crippen LogP contribution >= 0.6 is 0 Å². The number of nitrogens with one attached hydrogen (secondary N) is 1. The summed E-state index contributed by atoms with van der Waals surface area (Å²) < 4.78 is 0. The van der Waals surface area contributed by atoms with Crippen LogP contribution in [0.4, 0.5) is 0 Å². The lowest BCUT2D eigenvalue weighted by atomic mass is 9.80. The first kappa shape index (κ1) is 8.77. The molecule has 1 radical (unpaired) electrons. The molecule has 1 amide bonds. The predicted octanol–water partition coefficient (Wildman–Crippen LogP) is -1.21. The van der Waals surface area contributed by atoms with E-state index in [0.29, 0.717) is 5.46 Å². The zero-order chi connectivity index (χ0) is 9.14. The lowest BCUT2D eigenvalue weighted by Crippen LogP contribution is -2.29. The third-order valence-corrected chi connectivity index (χ3v) is 1.47. The highest BCUT2D eigenvalue weighted by Gasteiger charge is 2.10. The van der Waals surface area contributed by atoms with Gasteiger partial charge in [-0.25, -0.2) is 0 Å². The fourth-order valence-corrected chi connectivity index (χ4v) is 0.807. The number of hydrogen-bond donors (Lipinski definition) is 2. The first-order chi connectivity index (χ1) is 5.61. The normalized spacial score (nSPS) is 9.50. The summed E-state index contributed by atoms with van der Waals surface area (Å²) in [6.45, 7) is 0. The molecule has 0 saturated heterocycles. The quantitative estimate of drug-likeness (QED) is 0.538. The molecule has 3 N–H and O–H groups in total. The SMILES string of the molecule is [NH]C(=O)c1ccc(B(O)O)cc1. The van der Waals surface area contributed by atoms with Crippen LogP contribution in [-0.4, -0.2) is 23.1 Å². The zero-order valence-corrected chi connectivity index (χ0v) is 6.19. The Balaban J connectivity index is 2.93. The van der Waals surface area contributed by atoms with E-state index in [-0.39, 0.29) is 5.56 Å². The molecule has 4 nitrogen and oxygen atoms in total. The summed E-state index contributed by atoms with van der Waals surface area (Å²) in [6.07, 6.45) is 0. The van der Waals surface area contributed by atoms with Gasteiger partial charge in [-0.15, -0.1) is 0 Å². The molecule has 0 aliphatic rings. The van der Waals surface area contributed by atoms with Crippen molar-refractivity contribution in [1.29, 1.82) is 0 Å². The Bertz CT molecular complexity index is 283. The van der Waals surface area contributed by atoms with Crippen LogP contribution in [0.1, 0.15) is 10.4 Å². The molecule has 0 aliphatic carbocycles. The van der Waals surface area contributed by atoms with Gasteiger partial charge in [-0.2, -0.15) is 0 Å². The Hall–Kier alpha value is -1.33. The minimum Gasteiger partial charge on any atom is -0.423 e. The van der Waals surface area contributed by atoms with Crippen molar-refractivity contribution in [3.05, 3.63) is 29.8 Å². The van der Waals surface area contributed by atoms with Crippen molar-refractivity contribution in [2.24, 2.45) is 0 Å². The van der Waals surface area contributed by atoms with Crippen LogP contribution in [0.2, 0.25) is 0 Å². The van der Waals surface area contributed by atoms with E-state index in [0.717, 1.165) is 0 Å². The van der Waals surface area contributed by atoms with Crippen molar-refractivity contribution in [3.8, 4) is 0 Å². The van der Waals surface area contributed by atoms with Crippen LogP contribution in [0.3, 0.4) is 0 Å². The summed E-state index contributed by atoms with van der Waals surface area (Å²) in [6, 6.07) is 5.55. The fraction of sp³-hybridized carbons (Fsp3) is 0. The maximum Gasteiger partial charge on any atom is 0.488 e. The van der Waals surface area contributed by atoms with Gasteiger partial charge in [0.25, 0.3) is 5.91 Å². The summed E-state index contributed by atoms with van der Waals surface area (Å²) in [7, 11) is -1.53. The molecule has 5 heteroatoms. The second-order valence-corrected chi connectivity index (χ2v) is 2.32. The van der Waals surface area contributed by atoms with Gasteiger partial charge in [0, 0.05) is 5.56 Å². The number of rotatable bonds is 2. The average Bonchev–Trinajstić information content (AvgIpc) is 2.04. The van der Waals surface area contributed by atoms with Crippen molar-refractivity contribution in [2.75, 3.05) is 0 Å². The maximum atomic E-state index is 10.5. The average molecular weight is 164 g/mol. The molecule has 0 saturated carbocycles. The highest BCUT2D eigenvalue weighted by atomic mass is 16.4. The van der Waals surface area contributed by atoms with Crippen LogP contribution < -0.4 is 11.2 Å². The van der Waals surface area contributed by atoms with Gasteiger partial charge in [0.05, 0.1) is 0 Å². The van der Waals surface area contributed by atoms with Crippen molar-refractivity contribution in [3.63, 3.8) is 0 Å². The molecule has 61 valence electrons. The summed E-state index contributed by atoms with van der Waals surface area (Å²) >= 11 is 0. The van der Waals surface area contributed by atoms with Gasteiger partial charge >= 0.3 is 7.12 Å². The van der Waals surface area contributed by atoms with Crippen LogP contribution in [0, 0.1) is 0 Å². The standard InChI is InChI=1S/C7H7BNO3/c9-7(10)5-1-3-6(4-2-5)8(11)12/h1-4,9,11-12H. The van der Waals surface area contributed by atoms with Gasteiger partial charge in [-0.3, -0.25) is 10.5 Å². The summed E-state index contributed by atoms with van der Waals surface area (Å²) in [5, 5.41) is 17.4. The Labute approximate surface area is 69.8 Å². The smallest absolute Gasteiger partial charge is 0.423 e. The molecule has 1 aromatic carbocycles. The zero-order valence-electron chi connectivity index (χ0n) is 6.19. The molecule has 0 aromatic heterocycles. The van der Waals surface area contributed by atoms with E-state index in [4.69, 9.17) is 15.8 Å². The second-order valence-electron chi connectivity index (χ2n) is 2.32. The van der Waals surface area contributed by atoms with Crippen molar-refractivity contribution in [2.45, 2.75) is 0 Å². The molecule has 1 aromatic rings. The highest BCUT2D eigenvalue weighted by Crippen LogP contribution is 1.95. The minimum absolute atomic E-state index is 0.236. The first-order valence-corrected chi connectivity index (χ1v) is 3.33. The lowest BCUT2D eigenvalue weighted by Gasteiger charge is -1.98. The Morgan fingerprint density at radius 2 is 1.75 bits per heavy atom. The third kappa shape index (κ3) is 1.84. The number of carbonyl (C=O) groups excluding carboxylic acids is 1. The van der Waals surface area contributed by atoms with E-state index in [2.05, 4.69) is 0 Å². The molecule has 0 spiro atoms. The molecule has 0 fully saturated rings. The van der Waals surface area contributed by atoms with E-state index < -0.39 is 13.0 Å². The molecular formula is C7H7BNO3. The molecule has 0 atom stereocenters. The fourth-order valence-electron chi connectivity index (χ4n) is 0.807. The summed E-state index contributed by atoms with van der Waals surface area (Å²) in [4.78, 5) is 10.5. The van der Waals surface area contributed by atoms with Crippen molar-refractivity contribution < 1.29 is 14.8 Å². The molecule has 1 rings (SSSR count). The number of carbonyl (C=O) groups is 1. The predicted molar refractivity (Wildman–Crippen MR) is 43.7 cm³/mol. The lowest BCUT2D eigenvalue weighted by molar-refractivity contribution is 0.0992. The second kappa shape index (κ2) is 3.38. The summed E-state index contributed by atoms with van der Waals surface area (Å²) in [5.74, 6) is -0.783. The van der Waals surface area contributed by atoms with Gasteiger partial charge < -0.3 is 10.0 Å². The molecular weight excluding hydrogens is 157 g/mol. The van der Waals surface area contributed by atoms with Gasteiger partial charge in [0.2, 0.25) is 0 Å². The van der Waals surface area contributed by atoms with E-state index >= 15 is 0 Å². The monoisotopic (exact) mass is 164 g/mol. The van der Waals surface area contributed by atoms with Gasteiger partial charge in [0.15, 0.2) is 0 Å². The van der Waals surface area contributed by atoms with Crippen LogP contribution in [0.25, 0.3) is 0 Å². The Kier molecular flexibility index (Phi) is 2.47. The third-order valence-electron chi connectivity index (χ3n) is 1.47. The molecule has 0 aliphatic heterocycles. The molecule has 12 heavy (non-hydrogen) atoms. The Morgan fingerprint density at radius 1 is 1.25 bits per heavy atom. The van der Waals surface area contributed by atoms with Gasteiger partial charge in [0.1, 0.15) is 0 Å². The van der Waals surface area contributed by atoms with Crippen molar-refractivity contribution >= 4 is 18.5 Å². The summed E-state index contributed by atoms with van der Waals surface area (Å²) in [5.41, 5.74) is 7.27. The molecule has 0 unspecified atom stereocenters. The number of hydrogen-bond acceptors (Lipinski definition) is 3. The number of benzene rings is 1. The van der Waals surface area contributed by atoms with E-state index in [1.807, 2.05) is 0 Å². The van der Waals surface area contributed by atoms with Crippen LogP contribution in [0.15, 0.2) is 24.3 Å². The van der Waals surface area contributed by atoms with Gasteiger partial charge in [-0.1, -0.05) is 12.1 Å². The van der Waals surface area contributed by atoms with E-state index in [9.17, 15) is 4.79 Å². The van der Waals surface area contributed by atoms with E-state index in [1.165, 1.54) is 24.3 Å². The minimum atomic E-state index is -1.53. The molecule has 0 bridgehead atoms. The van der Waals surface area contributed by atoms with E-state index in [1.54, 1.807) is 0 Å². The topological polar surface area (TPSA) is 81.3 Å². The van der Waals surface area contributed by atoms with Crippen molar-refractivity contribution in [1.82, 2.24) is 5.73 Å². The Morgan fingerprint density at radius 3 is 2.08 bits per heavy atom. The van der Waals surface area contributed by atoms with Gasteiger partial charge in [-0.05, 0) is 17.6 Å². The van der Waals surface area contributed by atoms with Crippen LogP contribution in [0.5, 0.6) is 0 Å². The highest BCUT2D eigenvalue weighted by molar-refractivity contribution is 6.58. The first-order valence-electron chi connectivity index (χ1n) is 3.33. The molecule has 0 heterocycles. The largest absolute Gasteiger partial charge is 0.488 e. The maximum absolute atomic E-state index is 10.5.